The molecule has 1 amide bonds. The number of amides is 1. The molecule has 1 N–H and O–H groups in total. The SMILES string of the molecule is Cc1cnccc1-c1ccc(C(=O)N2CCC3(CC2)OCCC[C@@H]3O)cc1. The molecule has 0 unspecified atom stereocenters. The molecule has 0 saturated carbocycles. The summed E-state index contributed by atoms with van der Waals surface area (Å²) in [6.45, 7) is 4.00. The third-order valence-corrected chi connectivity index (χ3v) is 5.98. The van der Waals surface area contributed by atoms with Crippen LogP contribution in [0.25, 0.3) is 11.1 Å². The zero-order valence-corrected chi connectivity index (χ0v) is 15.7. The van der Waals surface area contributed by atoms with Gasteiger partial charge in [-0.3, -0.25) is 9.78 Å². The van der Waals surface area contributed by atoms with E-state index in [1.807, 2.05) is 48.4 Å². The van der Waals surface area contributed by atoms with Crippen LogP contribution in [0.2, 0.25) is 0 Å². The number of aliphatic hydroxyl groups is 1. The number of piperidine rings is 1. The lowest BCUT2D eigenvalue weighted by molar-refractivity contribution is -0.174. The smallest absolute Gasteiger partial charge is 0.253 e. The molecule has 2 fully saturated rings. The van der Waals surface area contributed by atoms with E-state index < -0.39 is 11.7 Å². The monoisotopic (exact) mass is 366 g/mol. The number of rotatable bonds is 2. The molecule has 1 aromatic carbocycles. The second-order valence-corrected chi connectivity index (χ2v) is 7.63. The highest BCUT2D eigenvalue weighted by Crippen LogP contribution is 2.35. The van der Waals surface area contributed by atoms with Crippen molar-refractivity contribution in [3.8, 4) is 11.1 Å². The summed E-state index contributed by atoms with van der Waals surface area (Å²) in [6, 6.07) is 9.78. The van der Waals surface area contributed by atoms with Gasteiger partial charge in [-0.1, -0.05) is 12.1 Å². The lowest BCUT2D eigenvalue weighted by Crippen LogP contribution is -2.56. The summed E-state index contributed by atoms with van der Waals surface area (Å²) < 4.78 is 5.94. The summed E-state index contributed by atoms with van der Waals surface area (Å²) in [5, 5.41) is 10.4. The molecule has 2 aliphatic rings. The molecule has 0 aliphatic carbocycles. The zero-order chi connectivity index (χ0) is 18.9. The van der Waals surface area contributed by atoms with Crippen LogP contribution in [-0.4, -0.2) is 52.3 Å². The Morgan fingerprint density at radius 1 is 1.22 bits per heavy atom. The van der Waals surface area contributed by atoms with E-state index in [1.54, 1.807) is 6.20 Å². The Morgan fingerprint density at radius 3 is 2.63 bits per heavy atom. The summed E-state index contributed by atoms with van der Waals surface area (Å²) in [5.41, 5.74) is 3.59. The summed E-state index contributed by atoms with van der Waals surface area (Å²) in [5.74, 6) is 0.0492. The van der Waals surface area contributed by atoms with Crippen LogP contribution in [0, 0.1) is 6.92 Å². The maximum Gasteiger partial charge on any atom is 0.253 e. The quantitative estimate of drug-likeness (QED) is 0.887. The third kappa shape index (κ3) is 3.49. The first kappa shape index (κ1) is 18.1. The number of carbonyl (C=O) groups is 1. The van der Waals surface area contributed by atoms with Gasteiger partial charge in [0.2, 0.25) is 0 Å². The van der Waals surface area contributed by atoms with E-state index in [2.05, 4.69) is 4.98 Å². The van der Waals surface area contributed by atoms with Gasteiger partial charge in [-0.2, -0.15) is 0 Å². The number of carbonyl (C=O) groups excluding carboxylic acids is 1. The van der Waals surface area contributed by atoms with E-state index in [4.69, 9.17) is 4.74 Å². The lowest BCUT2D eigenvalue weighted by atomic mass is 9.82. The minimum Gasteiger partial charge on any atom is -0.390 e. The highest BCUT2D eigenvalue weighted by Gasteiger charge is 2.44. The topological polar surface area (TPSA) is 62.7 Å². The van der Waals surface area contributed by atoms with E-state index in [1.165, 1.54) is 0 Å². The molecule has 1 spiro atoms. The summed E-state index contributed by atoms with van der Waals surface area (Å²) >= 11 is 0. The van der Waals surface area contributed by atoms with Crippen LogP contribution in [0.5, 0.6) is 0 Å². The van der Waals surface area contributed by atoms with Crippen molar-refractivity contribution in [3.05, 3.63) is 53.9 Å². The first-order chi connectivity index (χ1) is 13.1. The summed E-state index contributed by atoms with van der Waals surface area (Å²) in [4.78, 5) is 18.9. The highest BCUT2D eigenvalue weighted by atomic mass is 16.5. The van der Waals surface area contributed by atoms with Gasteiger partial charge in [0.25, 0.3) is 5.91 Å². The number of likely N-dealkylation sites (tertiary alicyclic amines) is 1. The molecule has 2 aliphatic heterocycles. The first-order valence-electron chi connectivity index (χ1n) is 9.71. The molecule has 4 rings (SSSR count). The number of nitrogens with zero attached hydrogens (tertiary/aromatic N) is 2. The van der Waals surface area contributed by atoms with E-state index >= 15 is 0 Å². The Balaban J connectivity index is 1.44. The van der Waals surface area contributed by atoms with Crippen molar-refractivity contribution in [1.29, 1.82) is 0 Å². The molecule has 1 atom stereocenters. The standard InChI is InChI=1S/C22H26N2O3/c1-16-15-23-11-8-19(16)17-4-6-18(7-5-17)21(26)24-12-9-22(10-13-24)20(25)3-2-14-27-22/h4-8,11,15,20,25H,2-3,9-10,12-14H2,1H3/t20-/m0/s1. The van der Waals surface area contributed by atoms with Gasteiger partial charge >= 0.3 is 0 Å². The van der Waals surface area contributed by atoms with Crippen LogP contribution in [0.4, 0.5) is 0 Å². The Kier molecular flexibility index (Phi) is 4.98. The molecule has 5 heteroatoms. The van der Waals surface area contributed by atoms with E-state index in [9.17, 15) is 9.90 Å². The summed E-state index contributed by atoms with van der Waals surface area (Å²) in [7, 11) is 0. The largest absolute Gasteiger partial charge is 0.390 e. The number of ether oxygens (including phenoxy) is 1. The Bertz CT molecular complexity index is 811. The van der Waals surface area contributed by atoms with Crippen molar-refractivity contribution >= 4 is 5.91 Å². The Morgan fingerprint density at radius 2 is 1.96 bits per heavy atom. The minimum atomic E-state index is -0.447. The number of hydrogen-bond donors (Lipinski definition) is 1. The second-order valence-electron chi connectivity index (χ2n) is 7.63. The predicted octanol–water partition coefficient (Wildman–Crippen LogP) is 3.20. The van der Waals surface area contributed by atoms with Crippen LogP contribution >= 0.6 is 0 Å². The van der Waals surface area contributed by atoms with Gasteiger partial charge in [-0.15, -0.1) is 0 Å². The highest BCUT2D eigenvalue weighted by molar-refractivity contribution is 5.94. The van der Waals surface area contributed by atoms with Crippen LogP contribution < -0.4 is 0 Å². The van der Waals surface area contributed by atoms with Crippen LogP contribution in [0.15, 0.2) is 42.7 Å². The summed E-state index contributed by atoms with van der Waals surface area (Å²) in [6.07, 6.45) is 6.33. The normalized spacial score (nSPS) is 22.0. The molecule has 27 heavy (non-hydrogen) atoms. The van der Waals surface area contributed by atoms with Crippen molar-refractivity contribution in [1.82, 2.24) is 9.88 Å². The average Bonchev–Trinajstić information content (AvgIpc) is 2.71. The molecule has 1 aromatic heterocycles. The number of aryl methyl sites for hydroxylation is 1. The van der Waals surface area contributed by atoms with Crippen molar-refractivity contribution in [2.45, 2.75) is 44.3 Å². The van der Waals surface area contributed by atoms with Gasteiger partial charge in [-0.05, 0) is 67.5 Å². The van der Waals surface area contributed by atoms with Gasteiger partial charge in [0.05, 0.1) is 11.7 Å². The van der Waals surface area contributed by atoms with E-state index in [-0.39, 0.29) is 5.91 Å². The minimum absolute atomic E-state index is 0.0492. The van der Waals surface area contributed by atoms with Gasteiger partial charge in [0.15, 0.2) is 0 Å². The number of aliphatic hydroxyl groups excluding tert-OH is 1. The molecule has 142 valence electrons. The predicted molar refractivity (Wildman–Crippen MR) is 103 cm³/mol. The number of aromatic nitrogens is 1. The fourth-order valence-corrected chi connectivity index (χ4v) is 4.25. The second kappa shape index (κ2) is 7.41. The van der Waals surface area contributed by atoms with Gasteiger partial charge in [0.1, 0.15) is 0 Å². The van der Waals surface area contributed by atoms with Gasteiger partial charge in [0, 0.05) is 37.7 Å². The first-order valence-corrected chi connectivity index (χ1v) is 9.71. The molecule has 5 nitrogen and oxygen atoms in total. The van der Waals surface area contributed by atoms with Gasteiger partial charge < -0.3 is 14.7 Å². The van der Waals surface area contributed by atoms with Crippen molar-refractivity contribution in [3.63, 3.8) is 0 Å². The number of pyridine rings is 1. The number of hydrogen-bond acceptors (Lipinski definition) is 4. The van der Waals surface area contributed by atoms with Crippen LogP contribution in [0.3, 0.4) is 0 Å². The van der Waals surface area contributed by atoms with Crippen LogP contribution in [-0.2, 0) is 4.74 Å². The Hall–Kier alpha value is -2.24. The molecule has 3 heterocycles. The third-order valence-electron chi connectivity index (χ3n) is 5.98. The average molecular weight is 366 g/mol. The van der Waals surface area contributed by atoms with E-state index in [0.717, 1.165) is 29.5 Å². The van der Waals surface area contributed by atoms with Crippen molar-refractivity contribution in [2.24, 2.45) is 0 Å². The lowest BCUT2D eigenvalue weighted by Gasteiger charge is -2.46. The van der Waals surface area contributed by atoms with Crippen LogP contribution in [0.1, 0.15) is 41.6 Å². The molecule has 2 aromatic rings. The molecular formula is C22H26N2O3. The van der Waals surface area contributed by atoms with Crippen molar-refractivity contribution in [2.75, 3.05) is 19.7 Å². The maximum absolute atomic E-state index is 12.9. The fraction of sp³-hybridized carbons (Fsp3) is 0.455. The fourth-order valence-electron chi connectivity index (χ4n) is 4.25. The number of benzene rings is 1. The van der Waals surface area contributed by atoms with Gasteiger partial charge in [-0.25, -0.2) is 0 Å². The van der Waals surface area contributed by atoms with Crippen molar-refractivity contribution < 1.29 is 14.6 Å². The Labute approximate surface area is 160 Å². The molecule has 2 saturated heterocycles. The zero-order valence-electron chi connectivity index (χ0n) is 15.7. The molecule has 0 radical (unpaired) electrons. The molecule has 0 bridgehead atoms. The molecular weight excluding hydrogens is 340 g/mol. The van der Waals surface area contributed by atoms with E-state index in [0.29, 0.717) is 38.1 Å². The maximum atomic E-state index is 12.9.